The lowest BCUT2D eigenvalue weighted by atomic mass is 10.0. The minimum atomic E-state index is -0.696. The van der Waals surface area contributed by atoms with E-state index < -0.39 is 6.04 Å². The largest absolute Gasteiger partial charge is 0.344 e. The molecule has 3 rings (SSSR count). The molecule has 8 heteroatoms. The molecule has 6 nitrogen and oxygen atoms in total. The van der Waals surface area contributed by atoms with Crippen LogP contribution in [0.1, 0.15) is 51.0 Å². The van der Waals surface area contributed by atoms with Crippen LogP contribution in [0.25, 0.3) is 10.6 Å². The number of aromatic nitrogens is 2. The molecule has 0 saturated carbocycles. The molecule has 0 spiro atoms. The van der Waals surface area contributed by atoms with Gasteiger partial charge in [-0.15, -0.1) is 10.2 Å². The number of rotatable bonds is 12. The molecule has 2 aromatic carbocycles. The van der Waals surface area contributed by atoms with Crippen molar-refractivity contribution in [3.8, 4) is 10.6 Å². The number of anilines is 1. The summed E-state index contributed by atoms with van der Waals surface area (Å²) < 4.78 is 0. The fraction of sp³-hybridized carbons (Fsp3) is 0.360. The second-order valence-electron chi connectivity index (χ2n) is 7.88. The summed E-state index contributed by atoms with van der Waals surface area (Å²) in [4.78, 5) is 25.6. The standard InChI is InChI=1S/C25H29ClN4O2S/c1-2-3-4-5-9-12-22(31)27-21(17-18-10-7-6-8-11-18)23(32)28-25-30-29-24(33-25)19-13-15-20(26)16-14-19/h6-8,10-11,13-16,21H,2-5,9,12,17H2,1H3,(H,27,31)(H,28,30,32). The van der Waals surface area contributed by atoms with Gasteiger partial charge in [0.2, 0.25) is 16.9 Å². The van der Waals surface area contributed by atoms with E-state index in [1.54, 1.807) is 12.1 Å². The minimum absolute atomic E-state index is 0.110. The zero-order chi connectivity index (χ0) is 23.5. The number of carbonyl (C=O) groups excluding carboxylic acids is 2. The molecule has 1 atom stereocenters. The van der Waals surface area contributed by atoms with Crippen LogP contribution in [0, 0.1) is 0 Å². The summed E-state index contributed by atoms with van der Waals surface area (Å²) in [6, 6.07) is 16.2. The van der Waals surface area contributed by atoms with Crippen molar-refractivity contribution in [3.05, 3.63) is 65.2 Å². The third-order valence-electron chi connectivity index (χ3n) is 5.19. The Morgan fingerprint density at radius 1 is 0.970 bits per heavy atom. The molecule has 2 N–H and O–H groups in total. The third kappa shape index (κ3) is 8.26. The van der Waals surface area contributed by atoms with Crippen LogP contribution in [-0.2, 0) is 16.0 Å². The number of unbranched alkanes of at least 4 members (excludes halogenated alkanes) is 4. The number of carbonyl (C=O) groups is 2. The van der Waals surface area contributed by atoms with Crippen LogP contribution >= 0.6 is 22.9 Å². The van der Waals surface area contributed by atoms with Crippen LogP contribution in [0.15, 0.2) is 54.6 Å². The summed E-state index contributed by atoms with van der Waals surface area (Å²) in [5, 5.41) is 15.7. The highest BCUT2D eigenvalue weighted by molar-refractivity contribution is 7.18. The van der Waals surface area contributed by atoms with E-state index in [-0.39, 0.29) is 11.8 Å². The van der Waals surface area contributed by atoms with Gasteiger partial charge in [0.1, 0.15) is 11.0 Å². The van der Waals surface area contributed by atoms with Gasteiger partial charge in [0, 0.05) is 23.4 Å². The minimum Gasteiger partial charge on any atom is -0.344 e. The molecule has 0 bridgehead atoms. The quantitative estimate of drug-likeness (QED) is 0.314. The first kappa shape index (κ1) is 24.9. The molecule has 0 aliphatic carbocycles. The Bertz CT molecular complexity index is 1020. The van der Waals surface area contributed by atoms with E-state index in [9.17, 15) is 9.59 Å². The van der Waals surface area contributed by atoms with E-state index in [1.807, 2.05) is 42.5 Å². The SMILES string of the molecule is CCCCCCCC(=O)NC(Cc1ccccc1)C(=O)Nc1nnc(-c2ccc(Cl)cc2)s1. The van der Waals surface area contributed by atoms with Gasteiger partial charge in [-0.1, -0.05) is 98.0 Å². The molecule has 1 unspecified atom stereocenters. The van der Waals surface area contributed by atoms with Crippen molar-refractivity contribution in [3.63, 3.8) is 0 Å². The Kier molecular flexibility index (Phi) is 9.84. The van der Waals surface area contributed by atoms with E-state index in [2.05, 4.69) is 27.8 Å². The zero-order valence-electron chi connectivity index (χ0n) is 18.7. The summed E-state index contributed by atoms with van der Waals surface area (Å²) in [5.74, 6) is -0.418. The van der Waals surface area contributed by atoms with Gasteiger partial charge in [0.25, 0.3) is 0 Å². The first-order valence-electron chi connectivity index (χ1n) is 11.3. The van der Waals surface area contributed by atoms with Gasteiger partial charge >= 0.3 is 0 Å². The molecule has 33 heavy (non-hydrogen) atoms. The Morgan fingerprint density at radius 3 is 2.42 bits per heavy atom. The first-order chi connectivity index (χ1) is 16.0. The average molecular weight is 485 g/mol. The van der Waals surface area contributed by atoms with Crippen molar-refractivity contribution < 1.29 is 9.59 Å². The second kappa shape index (κ2) is 13.1. The average Bonchev–Trinajstić information content (AvgIpc) is 3.28. The number of nitrogens with zero attached hydrogens (tertiary/aromatic N) is 2. The number of hydrogen-bond acceptors (Lipinski definition) is 5. The Hall–Kier alpha value is -2.77. The fourth-order valence-corrected chi connectivity index (χ4v) is 4.27. The van der Waals surface area contributed by atoms with Gasteiger partial charge in [-0.2, -0.15) is 0 Å². The van der Waals surface area contributed by atoms with Crippen LogP contribution in [0.2, 0.25) is 5.02 Å². The van der Waals surface area contributed by atoms with Crippen molar-refractivity contribution in [2.24, 2.45) is 0 Å². The van der Waals surface area contributed by atoms with Crippen LogP contribution in [0.5, 0.6) is 0 Å². The molecule has 2 amide bonds. The number of nitrogens with one attached hydrogen (secondary N) is 2. The summed E-state index contributed by atoms with van der Waals surface area (Å²) in [6.45, 7) is 2.16. The van der Waals surface area contributed by atoms with E-state index in [4.69, 9.17) is 11.6 Å². The van der Waals surface area contributed by atoms with Crippen molar-refractivity contribution in [2.75, 3.05) is 5.32 Å². The highest BCUT2D eigenvalue weighted by atomic mass is 35.5. The van der Waals surface area contributed by atoms with Crippen molar-refractivity contribution in [1.29, 1.82) is 0 Å². The maximum absolute atomic E-state index is 13.1. The van der Waals surface area contributed by atoms with Gasteiger partial charge < -0.3 is 5.32 Å². The van der Waals surface area contributed by atoms with E-state index in [0.717, 1.165) is 36.8 Å². The van der Waals surface area contributed by atoms with Crippen LogP contribution < -0.4 is 10.6 Å². The van der Waals surface area contributed by atoms with Crippen molar-refractivity contribution >= 4 is 39.9 Å². The van der Waals surface area contributed by atoms with Gasteiger partial charge in [-0.25, -0.2) is 0 Å². The molecule has 1 aromatic heterocycles. The second-order valence-corrected chi connectivity index (χ2v) is 9.30. The van der Waals surface area contributed by atoms with Crippen molar-refractivity contribution in [1.82, 2.24) is 15.5 Å². The normalized spacial score (nSPS) is 11.7. The van der Waals surface area contributed by atoms with Crippen LogP contribution in [0.3, 0.4) is 0 Å². The lowest BCUT2D eigenvalue weighted by Crippen LogP contribution is -2.45. The van der Waals surface area contributed by atoms with E-state index in [0.29, 0.717) is 28.0 Å². The molecule has 3 aromatic rings. The molecular formula is C25H29ClN4O2S. The van der Waals surface area contributed by atoms with E-state index >= 15 is 0 Å². The Morgan fingerprint density at radius 2 is 1.70 bits per heavy atom. The third-order valence-corrected chi connectivity index (χ3v) is 6.33. The maximum atomic E-state index is 13.1. The molecule has 0 aliphatic rings. The summed E-state index contributed by atoms with van der Waals surface area (Å²) >= 11 is 7.22. The molecule has 1 heterocycles. The molecular weight excluding hydrogens is 456 g/mol. The number of halogens is 1. The number of hydrogen-bond donors (Lipinski definition) is 2. The lowest BCUT2D eigenvalue weighted by Gasteiger charge is -2.18. The van der Waals surface area contributed by atoms with Crippen molar-refractivity contribution in [2.45, 2.75) is 57.9 Å². The smallest absolute Gasteiger partial charge is 0.249 e. The summed E-state index contributed by atoms with van der Waals surface area (Å²) in [5.41, 5.74) is 1.84. The van der Waals surface area contributed by atoms with Crippen LogP contribution in [0.4, 0.5) is 5.13 Å². The molecule has 0 aliphatic heterocycles. The lowest BCUT2D eigenvalue weighted by molar-refractivity contribution is -0.126. The summed E-state index contributed by atoms with van der Waals surface area (Å²) in [6.07, 6.45) is 6.14. The van der Waals surface area contributed by atoms with E-state index in [1.165, 1.54) is 17.8 Å². The predicted octanol–water partition coefficient (Wildman–Crippen LogP) is 5.89. The number of amides is 2. The number of benzene rings is 2. The maximum Gasteiger partial charge on any atom is 0.249 e. The monoisotopic (exact) mass is 484 g/mol. The molecule has 0 fully saturated rings. The van der Waals surface area contributed by atoms with Crippen LogP contribution in [-0.4, -0.2) is 28.1 Å². The highest BCUT2D eigenvalue weighted by Gasteiger charge is 2.22. The topological polar surface area (TPSA) is 84.0 Å². The zero-order valence-corrected chi connectivity index (χ0v) is 20.3. The van der Waals surface area contributed by atoms with Gasteiger partial charge in [0.05, 0.1) is 0 Å². The fourth-order valence-electron chi connectivity index (χ4n) is 3.39. The van der Waals surface area contributed by atoms with Gasteiger partial charge in [0.15, 0.2) is 0 Å². The molecule has 0 radical (unpaired) electrons. The summed E-state index contributed by atoms with van der Waals surface area (Å²) in [7, 11) is 0. The molecule has 174 valence electrons. The highest BCUT2D eigenvalue weighted by Crippen LogP contribution is 2.27. The predicted molar refractivity (Wildman–Crippen MR) is 134 cm³/mol. The Labute approximate surface area is 203 Å². The molecule has 0 saturated heterocycles. The Balaban J connectivity index is 1.63. The van der Waals surface area contributed by atoms with Gasteiger partial charge in [-0.05, 0) is 24.1 Å². The first-order valence-corrected chi connectivity index (χ1v) is 12.5. The van der Waals surface area contributed by atoms with Gasteiger partial charge in [-0.3, -0.25) is 14.9 Å².